The number of nitrogens with one attached hydrogen (secondary N) is 2. The fourth-order valence-electron chi connectivity index (χ4n) is 4.54. The van der Waals surface area contributed by atoms with E-state index in [4.69, 9.17) is 22.1 Å². The van der Waals surface area contributed by atoms with Gasteiger partial charge in [-0.2, -0.15) is 5.10 Å². The van der Waals surface area contributed by atoms with Crippen LogP contribution in [-0.4, -0.2) is 60.7 Å². The second-order valence-electron chi connectivity index (χ2n) is 9.53. The highest BCUT2D eigenvalue weighted by Crippen LogP contribution is 2.36. The first-order valence-corrected chi connectivity index (χ1v) is 13.1. The predicted octanol–water partition coefficient (Wildman–Crippen LogP) is 3.55. The Morgan fingerprint density at radius 3 is 2.78 bits per heavy atom. The molecule has 1 saturated carbocycles. The van der Waals surface area contributed by atoms with Gasteiger partial charge in [0.2, 0.25) is 0 Å². The lowest BCUT2D eigenvalue weighted by Crippen LogP contribution is -2.43. The van der Waals surface area contributed by atoms with E-state index in [1.54, 1.807) is 24.3 Å². The first kappa shape index (κ1) is 26.3. The molecule has 0 unspecified atom stereocenters. The molecule has 0 radical (unpaired) electrons. The molecular formula is C27H23ClFN9O3. The Morgan fingerprint density at radius 1 is 1.22 bits per heavy atom. The van der Waals surface area contributed by atoms with Crippen LogP contribution in [0.3, 0.4) is 0 Å². The summed E-state index contributed by atoms with van der Waals surface area (Å²) < 4.78 is 20.8. The maximum Gasteiger partial charge on any atom is 0.407 e. The summed E-state index contributed by atoms with van der Waals surface area (Å²) in [7, 11) is 0. The van der Waals surface area contributed by atoms with Crippen molar-refractivity contribution in [3.05, 3.63) is 83.3 Å². The number of guanidine groups is 1. The number of nitrogens with zero attached hydrogens (tertiary/aromatic N) is 6. The summed E-state index contributed by atoms with van der Waals surface area (Å²) in [5, 5.41) is 9.76. The van der Waals surface area contributed by atoms with Crippen molar-refractivity contribution in [1.82, 2.24) is 35.4 Å². The molecule has 1 aliphatic carbocycles. The molecule has 0 saturated heterocycles. The van der Waals surface area contributed by atoms with E-state index < -0.39 is 29.9 Å². The molecule has 2 amide bonds. The number of hydrogen-bond acceptors (Lipinski definition) is 9. The topological polar surface area (TPSA) is 164 Å². The maximum atomic E-state index is 15.3. The van der Waals surface area contributed by atoms with Crippen LogP contribution in [0, 0.1) is 5.82 Å². The molecular weight excluding hydrogens is 553 g/mol. The van der Waals surface area contributed by atoms with Crippen molar-refractivity contribution in [3.8, 4) is 22.6 Å². The minimum atomic E-state index is -1.24. The highest BCUT2D eigenvalue weighted by atomic mass is 35.5. The Bertz CT molecular complexity index is 1630. The second kappa shape index (κ2) is 10.9. The van der Waals surface area contributed by atoms with E-state index in [0.717, 1.165) is 12.8 Å². The molecule has 4 aromatic rings. The van der Waals surface area contributed by atoms with Crippen LogP contribution in [0.15, 0.2) is 66.3 Å². The van der Waals surface area contributed by atoms with Gasteiger partial charge >= 0.3 is 6.09 Å². The molecule has 0 spiro atoms. The Balaban J connectivity index is 1.31. The third-order valence-corrected chi connectivity index (χ3v) is 7.09. The number of benzene rings is 2. The summed E-state index contributed by atoms with van der Waals surface area (Å²) in [4.78, 5) is 44.0. The lowest BCUT2D eigenvalue weighted by molar-refractivity contribution is -0.129. The van der Waals surface area contributed by atoms with Crippen molar-refractivity contribution in [2.45, 2.75) is 31.0 Å². The molecule has 41 heavy (non-hydrogen) atoms. The number of aromatic amines is 1. The SMILES string of the molecule is NC1=N[C@H](c2ccc(-c3cnccn3)cc2F)C(=O)N1[C@H](COC(=O)NC1CC1)c1ccc(Cl)c(-c2ncn[nH]2)c1. The number of carbonyl (C=O) groups excluding carboxylic acids is 2. The molecule has 1 fully saturated rings. The standard InChI is InChI=1S/C27H23ClFN9O3/c28-19-6-2-15(9-18(19)24-33-13-34-37-24)22(12-41-27(40)35-16-3-4-16)38-25(39)23(36-26(38)30)17-5-1-14(10-20(17)29)21-11-31-7-8-32-21/h1-2,5-11,13,16,22-23H,3-4,12H2,(H2,30,36)(H,35,40)(H,33,34,37)/t22-,23-/m1/s1. The number of carbonyl (C=O) groups is 2. The van der Waals surface area contributed by atoms with E-state index >= 15 is 4.39 Å². The summed E-state index contributed by atoms with van der Waals surface area (Å²) in [6.07, 6.45) is 7.00. The summed E-state index contributed by atoms with van der Waals surface area (Å²) in [6.45, 7) is -0.251. The third-order valence-electron chi connectivity index (χ3n) is 6.76. The Labute approximate surface area is 237 Å². The van der Waals surface area contributed by atoms with Gasteiger partial charge in [-0.15, -0.1) is 0 Å². The van der Waals surface area contributed by atoms with Gasteiger partial charge in [-0.1, -0.05) is 29.8 Å². The zero-order valence-corrected chi connectivity index (χ0v) is 22.1. The average molecular weight is 576 g/mol. The van der Waals surface area contributed by atoms with Gasteiger partial charge in [0.15, 0.2) is 17.8 Å². The average Bonchev–Trinajstić information content (AvgIpc) is 3.51. The van der Waals surface area contributed by atoms with Crippen molar-refractivity contribution in [2.24, 2.45) is 10.7 Å². The van der Waals surface area contributed by atoms with Crippen LogP contribution in [0.4, 0.5) is 9.18 Å². The fourth-order valence-corrected chi connectivity index (χ4v) is 4.75. The largest absolute Gasteiger partial charge is 0.447 e. The molecule has 0 bridgehead atoms. The second-order valence-corrected chi connectivity index (χ2v) is 9.94. The molecule has 1 aliphatic heterocycles. The molecule has 12 nitrogen and oxygen atoms in total. The smallest absolute Gasteiger partial charge is 0.407 e. The minimum Gasteiger partial charge on any atom is -0.447 e. The molecule has 208 valence electrons. The van der Waals surface area contributed by atoms with Crippen molar-refractivity contribution in [3.63, 3.8) is 0 Å². The van der Waals surface area contributed by atoms with Crippen LogP contribution in [0.1, 0.15) is 36.1 Å². The number of ether oxygens (including phenoxy) is 1. The molecule has 2 aromatic heterocycles. The van der Waals surface area contributed by atoms with Crippen LogP contribution in [-0.2, 0) is 9.53 Å². The highest BCUT2D eigenvalue weighted by molar-refractivity contribution is 6.33. The first-order chi connectivity index (χ1) is 19.9. The Kier molecular flexibility index (Phi) is 7.01. The number of hydrogen-bond donors (Lipinski definition) is 3. The molecule has 4 N–H and O–H groups in total. The van der Waals surface area contributed by atoms with Gasteiger partial charge in [0.05, 0.1) is 23.0 Å². The van der Waals surface area contributed by atoms with Crippen LogP contribution < -0.4 is 11.1 Å². The predicted molar refractivity (Wildman–Crippen MR) is 146 cm³/mol. The van der Waals surface area contributed by atoms with E-state index in [0.29, 0.717) is 33.2 Å². The van der Waals surface area contributed by atoms with Crippen LogP contribution in [0.5, 0.6) is 0 Å². The van der Waals surface area contributed by atoms with Crippen molar-refractivity contribution in [2.75, 3.05) is 6.61 Å². The summed E-state index contributed by atoms with van der Waals surface area (Å²) in [5.41, 5.74) is 8.33. The number of amides is 2. The van der Waals surface area contributed by atoms with Gasteiger partial charge in [-0.05, 0) is 36.6 Å². The summed E-state index contributed by atoms with van der Waals surface area (Å²) in [5.74, 6) is -0.980. The van der Waals surface area contributed by atoms with Crippen LogP contribution in [0.25, 0.3) is 22.6 Å². The van der Waals surface area contributed by atoms with E-state index in [9.17, 15) is 9.59 Å². The van der Waals surface area contributed by atoms with Crippen molar-refractivity contribution >= 4 is 29.6 Å². The zero-order valence-electron chi connectivity index (χ0n) is 21.4. The molecule has 6 rings (SSSR count). The van der Waals surface area contributed by atoms with Crippen LogP contribution >= 0.6 is 11.6 Å². The van der Waals surface area contributed by atoms with Gasteiger partial charge in [-0.3, -0.25) is 24.8 Å². The third kappa shape index (κ3) is 5.43. The zero-order chi connectivity index (χ0) is 28.5. The molecule has 14 heteroatoms. The number of aromatic nitrogens is 5. The summed E-state index contributed by atoms with van der Waals surface area (Å²) in [6, 6.07) is 7.31. The van der Waals surface area contributed by atoms with Gasteiger partial charge in [0.25, 0.3) is 5.91 Å². The number of nitrogens with two attached hydrogens (primary N) is 1. The van der Waals surface area contributed by atoms with E-state index in [1.807, 2.05) is 0 Å². The number of aliphatic imine (C=N–C) groups is 1. The molecule has 2 aliphatic rings. The lowest BCUT2D eigenvalue weighted by atomic mass is 10.00. The Morgan fingerprint density at radius 2 is 2.07 bits per heavy atom. The number of rotatable bonds is 8. The number of halogens is 2. The van der Waals surface area contributed by atoms with E-state index in [1.165, 1.54) is 42.0 Å². The summed E-state index contributed by atoms with van der Waals surface area (Å²) >= 11 is 6.42. The van der Waals surface area contributed by atoms with Gasteiger partial charge in [-0.25, -0.2) is 19.2 Å². The maximum absolute atomic E-state index is 15.3. The number of H-pyrrole nitrogens is 1. The van der Waals surface area contributed by atoms with E-state index in [2.05, 4.69) is 35.5 Å². The number of alkyl carbamates (subject to hydrolysis) is 1. The minimum absolute atomic E-state index is 0.0395. The highest BCUT2D eigenvalue weighted by Gasteiger charge is 2.41. The van der Waals surface area contributed by atoms with E-state index in [-0.39, 0.29) is 24.2 Å². The normalized spacial score (nSPS) is 17.3. The van der Waals surface area contributed by atoms with Crippen molar-refractivity contribution < 1.29 is 18.7 Å². The van der Waals surface area contributed by atoms with Gasteiger partial charge in [0.1, 0.15) is 18.8 Å². The van der Waals surface area contributed by atoms with Gasteiger partial charge in [0, 0.05) is 35.1 Å². The van der Waals surface area contributed by atoms with Gasteiger partial charge < -0.3 is 15.8 Å². The lowest BCUT2D eigenvalue weighted by Gasteiger charge is -2.28. The monoisotopic (exact) mass is 575 g/mol. The van der Waals surface area contributed by atoms with Crippen molar-refractivity contribution in [1.29, 1.82) is 0 Å². The molecule has 2 atom stereocenters. The van der Waals surface area contributed by atoms with Crippen LogP contribution in [0.2, 0.25) is 5.02 Å². The Hall–Kier alpha value is -4.91. The quantitative estimate of drug-likeness (QED) is 0.287. The first-order valence-electron chi connectivity index (χ1n) is 12.7. The molecule has 2 aromatic carbocycles. The molecule has 3 heterocycles. The fraction of sp³-hybridized carbons (Fsp3) is 0.222.